The first kappa shape index (κ1) is 13.8. The van der Waals surface area contributed by atoms with Crippen molar-refractivity contribution in [1.29, 1.82) is 0 Å². The van der Waals surface area contributed by atoms with Gasteiger partial charge in [0.05, 0.1) is 11.7 Å². The van der Waals surface area contributed by atoms with Crippen molar-refractivity contribution in [1.82, 2.24) is 0 Å². The van der Waals surface area contributed by atoms with Gasteiger partial charge in [0, 0.05) is 6.61 Å². The topological polar surface area (TPSA) is 49.7 Å². The molecule has 3 heteroatoms. The quantitative estimate of drug-likeness (QED) is 0.709. The first-order chi connectivity index (χ1) is 8.73. The number of hydrogen-bond donors (Lipinski definition) is 2. The van der Waals surface area contributed by atoms with E-state index in [1.165, 1.54) is 6.42 Å². The first-order valence-electron chi connectivity index (χ1n) is 7.73. The molecule has 2 saturated carbocycles. The largest absolute Gasteiger partial charge is 0.390 e. The van der Waals surface area contributed by atoms with Crippen LogP contribution in [0.5, 0.6) is 0 Å². The van der Waals surface area contributed by atoms with Gasteiger partial charge in [-0.25, -0.2) is 0 Å². The van der Waals surface area contributed by atoms with E-state index in [4.69, 9.17) is 4.74 Å². The molecule has 3 rings (SSSR count). The van der Waals surface area contributed by atoms with Crippen LogP contribution < -0.4 is 0 Å². The van der Waals surface area contributed by atoms with Crippen molar-refractivity contribution in [3.8, 4) is 0 Å². The van der Waals surface area contributed by atoms with Crippen molar-refractivity contribution in [3.05, 3.63) is 0 Å². The Hall–Kier alpha value is -0.120. The van der Waals surface area contributed by atoms with Crippen molar-refractivity contribution >= 4 is 0 Å². The average Bonchev–Trinajstić information content (AvgIpc) is 2.70. The maximum Gasteiger partial charge on any atom is 0.109 e. The van der Waals surface area contributed by atoms with Crippen LogP contribution in [0.2, 0.25) is 0 Å². The highest BCUT2D eigenvalue weighted by molar-refractivity contribution is 5.16. The predicted octanol–water partition coefficient (Wildman–Crippen LogP) is 2.35. The van der Waals surface area contributed by atoms with Crippen LogP contribution in [0.15, 0.2) is 0 Å². The second kappa shape index (κ2) is 3.96. The monoisotopic (exact) mass is 268 g/mol. The van der Waals surface area contributed by atoms with E-state index in [2.05, 4.69) is 20.8 Å². The third-order valence-electron chi connectivity index (χ3n) is 6.65. The van der Waals surface area contributed by atoms with Gasteiger partial charge in [0.1, 0.15) is 6.10 Å². The molecule has 2 aliphatic carbocycles. The standard InChI is InChI=1S/C16H28O3/c1-14(2)7-5-8-15(3)10-6-9-19-16(10,4)13(18)11(17)12(14)15/h10-13,17-18H,5-9H2,1-4H3/t10-,11-,12+,13-,15-,16+/m1/s1. The number of aliphatic hydroxyl groups is 2. The summed E-state index contributed by atoms with van der Waals surface area (Å²) in [6, 6.07) is 0. The minimum Gasteiger partial charge on any atom is -0.390 e. The summed E-state index contributed by atoms with van der Waals surface area (Å²) in [5.74, 6) is 0.534. The van der Waals surface area contributed by atoms with Crippen molar-refractivity contribution in [2.24, 2.45) is 22.7 Å². The fraction of sp³-hybridized carbons (Fsp3) is 1.00. The lowest BCUT2D eigenvalue weighted by Gasteiger charge is -2.63. The van der Waals surface area contributed by atoms with Gasteiger partial charge in [0.25, 0.3) is 0 Å². The summed E-state index contributed by atoms with van der Waals surface area (Å²) in [5.41, 5.74) is -0.374. The van der Waals surface area contributed by atoms with E-state index >= 15 is 0 Å². The van der Waals surface area contributed by atoms with Crippen molar-refractivity contribution < 1.29 is 14.9 Å². The van der Waals surface area contributed by atoms with E-state index in [1.54, 1.807) is 0 Å². The molecule has 2 N–H and O–H groups in total. The maximum atomic E-state index is 10.8. The van der Waals surface area contributed by atoms with E-state index in [0.29, 0.717) is 12.5 Å². The smallest absolute Gasteiger partial charge is 0.109 e. The molecular weight excluding hydrogens is 240 g/mol. The highest BCUT2D eigenvalue weighted by Gasteiger charge is 2.67. The number of ether oxygens (including phenoxy) is 1. The lowest BCUT2D eigenvalue weighted by Crippen LogP contribution is -2.68. The number of fused-ring (bicyclic) bond motifs is 3. The van der Waals surface area contributed by atoms with E-state index in [0.717, 1.165) is 19.3 Å². The van der Waals surface area contributed by atoms with Gasteiger partial charge in [0.2, 0.25) is 0 Å². The molecule has 0 aromatic heterocycles. The van der Waals surface area contributed by atoms with Crippen LogP contribution in [-0.4, -0.2) is 34.6 Å². The lowest BCUT2D eigenvalue weighted by molar-refractivity contribution is -0.253. The predicted molar refractivity (Wildman–Crippen MR) is 73.7 cm³/mol. The molecule has 0 aromatic carbocycles. The van der Waals surface area contributed by atoms with Crippen LogP contribution >= 0.6 is 0 Å². The normalized spacial score (nSPS) is 56.5. The van der Waals surface area contributed by atoms with Crippen molar-refractivity contribution in [2.45, 2.75) is 71.2 Å². The van der Waals surface area contributed by atoms with Crippen LogP contribution in [0.3, 0.4) is 0 Å². The van der Waals surface area contributed by atoms with E-state index in [9.17, 15) is 10.2 Å². The minimum atomic E-state index is -0.754. The highest BCUT2D eigenvalue weighted by Crippen LogP contribution is 2.64. The Morgan fingerprint density at radius 3 is 2.42 bits per heavy atom. The zero-order valence-corrected chi connectivity index (χ0v) is 12.6. The van der Waals surface area contributed by atoms with Gasteiger partial charge in [-0.15, -0.1) is 0 Å². The van der Waals surface area contributed by atoms with E-state index in [-0.39, 0.29) is 16.7 Å². The fourth-order valence-electron chi connectivity index (χ4n) is 5.95. The third kappa shape index (κ3) is 1.61. The molecule has 0 amide bonds. The zero-order valence-electron chi connectivity index (χ0n) is 12.6. The molecule has 3 aliphatic rings. The molecule has 0 bridgehead atoms. The third-order valence-corrected chi connectivity index (χ3v) is 6.65. The lowest BCUT2D eigenvalue weighted by atomic mass is 9.44. The summed E-state index contributed by atoms with van der Waals surface area (Å²) in [6.07, 6.45) is 3.10. The van der Waals surface area contributed by atoms with Crippen LogP contribution in [-0.2, 0) is 4.74 Å². The number of rotatable bonds is 0. The van der Waals surface area contributed by atoms with Crippen molar-refractivity contribution in [2.75, 3.05) is 6.61 Å². The van der Waals surface area contributed by atoms with Gasteiger partial charge >= 0.3 is 0 Å². The molecule has 0 unspecified atom stereocenters. The summed E-state index contributed by atoms with van der Waals surface area (Å²) < 4.78 is 5.90. The Morgan fingerprint density at radius 2 is 1.74 bits per heavy atom. The van der Waals surface area contributed by atoms with Crippen LogP contribution in [0.1, 0.15) is 53.4 Å². The van der Waals surface area contributed by atoms with Gasteiger partial charge < -0.3 is 14.9 Å². The molecule has 0 radical (unpaired) electrons. The molecular formula is C16H28O3. The van der Waals surface area contributed by atoms with Gasteiger partial charge in [-0.3, -0.25) is 0 Å². The number of hydrogen-bond acceptors (Lipinski definition) is 3. The molecule has 0 spiro atoms. The number of aliphatic hydroxyl groups excluding tert-OH is 2. The van der Waals surface area contributed by atoms with Gasteiger partial charge in [-0.1, -0.05) is 27.2 Å². The molecule has 1 heterocycles. The Kier molecular flexibility index (Phi) is 2.88. The van der Waals surface area contributed by atoms with E-state index < -0.39 is 17.8 Å². The summed E-state index contributed by atoms with van der Waals surface area (Å²) >= 11 is 0. The summed E-state index contributed by atoms with van der Waals surface area (Å²) in [7, 11) is 0. The summed E-state index contributed by atoms with van der Waals surface area (Å²) in [4.78, 5) is 0. The molecule has 19 heavy (non-hydrogen) atoms. The molecule has 1 aliphatic heterocycles. The van der Waals surface area contributed by atoms with E-state index in [1.807, 2.05) is 6.92 Å². The second-order valence-corrected chi connectivity index (χ2v) is 8.13. The molecule has 1 saturated heterocycles. The Balaban J connectivity index is 2.09. The molecule has 3 fully saturated rings. The van der Waals surface area contributed by atoms with Gasteiger partial charge in [-0.05, 0) is 48.9 Å². The second-order valence-electron chi connectivity index (χ2n) is 8.13. The Bertz CT molecular complexity index is 380. The van der Waals surface area contributed by atoms with Crippen molar-refractivity contribution in [3.63, 3.8) is 0 Å². The first-order valence-corrected chi connectivity index (χ1v) is 7.73. The highest BCUT2D eigenvalue weighted by atomic mass is 16.5. The van der Waals surface area contributed by atoms with Crippen LogP contribution in [0.4, 0.5) is 0 Å². The molecule has 110 valence electrons. The maximum absolute atomic E-state index is 10.8. The SMILES string of the molecule is CC1(C)CCC[C@]2(C)[C@H]3CCO[C@]3(C)[C@H](O)[C@H](O)[C@@H]12. The zero-order chi connectivity index (χ0) is 14.1. The summed E-state index contributed by atoms with van der Waals surface area (Å²) in [6.45, 7) is 9.55. The fourth-order valence-corrected chi connectivity index (χ4v) is 5.95. The molecule has 3 nitrogen and oxygen atoms in total. The van der Waals surface area contributed by atoms with Gasteiger partial charge in [0.15, 0.2) is 0 Å². The Morgan fingerprint density at radius 1 is 1.05 bits per heavy atom. The van der Waals surface area contributed by atoms with Crippen LogP contribution in [0.25, 0.3) is 0 Å². The average molecular weight is 268 g/mol. The van der Waals surface area contributed by atoms with Gasteiger partial charge in [-0.2, -0.15) is 0 Å². The van der Waals surface area contributed by atoms with Crippen LogP contribution in [0, 0.1) is 22.7 Å². The summed E-state index contributed by atoms with van der Waals surface area (Å²) in [5, 5.41) is 21.4. The minimum absolute atomic E-state index is 0.0889. The molecule has 6 atom stereocenters. The molecule has 0 aromatic rings. The Labute approximate surface area is 116 Å².